The first-order chi connectivity index (χ1) is 6.67. The fourth-order valence-corrected chi connectivity index (χ4v) is 1.45. The lowest BCUT2D eigenvalue weighted by Gasteiger charge is -2.23. The molecule has 1 aromatic heterocycles. The summed E-state index contributed by atoms with van der Waals surface area (Å²) in [6.07, 6.45) is 0. The Morgan fingerprint density at radius 2 is 2.00 bits per heavy atom. The molecule has 0 aliphatic rings. The molecule has 80 valence electrons. The zero-order valence-corrected chi connectivity index (χ0v) is 9.16. The molecule has 0 saturated carbocycles. The third kappa shape index (κ3) is 2.86. The van der Waals surface area contributed by atoms with E-state index in [2.05, 4.69) is 25.7 Å². The number of nitrogens with zero attached hydrogens (tertiary/aromatic N) is 1. The summed E-state index contributed by atoms with van der Waals surface area (Å²) in [6.45, 7) is 8.27. The Hall–Kier alpha value is -0.800. The maximum atomic E-state index is 8.84. The summed E-state index contributed by atoms with van der Waals surface area (Å²) < 4.78 is 5.42. The van der Waals surface area contributed by atoms with Crippen LogP contribution in [0.4, 0.5) is 0 Å². The number of hydrogen-bond donors (Lipinski definition) is 1. The first kappa shape index (κ1) is 11.3. The van der Waals surface area contributed by atoms with Crippen LogP contribution in [-0.2, 0) is 13.2 Å². The highest BCUT2D eigenvalue weighted by Crippen LogP contribution is 2.12. The number of rotatable bonds is 5. The molecule has 0 radical (unpaired) electrons. The molecule has 0 aliphatic carbocycles. The van der Waals surface area contributed by atoms with Gasteiger partial charge in [0, 0.05) is 6.04 Å². The monoisotopic (exact) mass is 197 g/mol. The number of furan rings is 1. The molecule has 1 N–H and O–H groups in total. The first-order valence-electron chi connectivity index (χ1n) is 5.09. The van der Waals surface area contributed by atoms with Gasteiger partial charge >= 0.3 is 0 Å². The smallest absolute Gasteiger partial charge is 0.129 e. The van der Waals surface area contributed by atoms with Crippen molar-refractivity contribution in [3.63, 3.8) is 0 Å². The maximum Gasteiger partial charge on any atom is 0.129 e. The van der Waals surface area contributed by atoms with Crippen LogP contribution in [0.3, 0.4) is 0 Å². The number of aliphatic hydroxyl groups excluding tert-OH is 1. The van der Waals surface area contributed by atoms with Gasteiger partial charge in [-0.3, -0.25) is 4.90 Å². The van der Waals surface area contributed by atoms with E-state index in [1.54, 1.807) is 0 Å². The predicted octanol–water partition coefficient (Wildman–Crippen LogP) is 2.00. The van der Waals surface area contributed by atoms with E-state index in [-0.39, 0.29) is 6.61 Å². The van der Waals surface area contributed by atoms with Crippen molar-refractivity contribution in [2.75, 3.05) is 6.54 Å². The number of aliphatic hydroxyl groups is 1. The molecule has 14 heavy (non-hydrogen) atoms. The van der Waals surface area contributed by atoms with Crippen molar-refractivity contribution < 1.29 is 9.52 Å². The molecule has 0 spiro atoms. The summed E-state index contributed by atoms with van der Waals surface area (Å²) >= 11 is 0. The average Bonchev–Trinajstić information content (AvgIpc) is 2.61. The summed E-state index contributed by atoms with van der Waals surface area (Å²) in [5.74, 6) is 1.56. The van der Waals surface area contributed by atoms with Crippen molar-refractivity contribution >= 4 is 0 Å². The highest BCUT2D eigenvalue weighted by Gasteiger charge is 2.10. The lowest BCUT2D eigenvalue weighted by molar-refractivity contribution is 0.196. The van der Waals surface area contributed by atoms with Gasteiger partial charge in [-0.05, 0) is 32.5 Å². The van der Waals surface area contributed by atoms with Gasteiger partial charge in [-0.2, -0.15) is 0 Å². The van der Waals surface area contributed by atoms with E-state index >= 15 is 0 Å². The van der Waals surface area contributed by atoms with Crippen molar-refractivity contribution in [3.05, 3.63) is 23.7 Å². The van der Waals surface area contributed by atoms with Crippen molar-refractivity contribution in [1.29, 1.82) is 0 Å². The second-order valence-electron chi connectivity index (χ2n) is 3.68. The molecule has 0 fully saturated rings. The Labute approximate surface area is 85.3 Å². The zero-order valence-electron chi connectivity index (χ0n) is 9.16. The minimum Gasteiger partial charge on any atom is -0.462 e. The van der Waals surface area contributed by atoms with E-state index in [1.807, 2.05) is 12.1 Å². The van der Waals surface area contributed by atoms with Crippen molar-refractivity contribution in [2.24, 2.45) is 0 Å². The van der Waals surface area contributed by atoms with Gasteiger partial charge in [0.05, 0.1) is 6.54 Å². The molecule has 0 aromatic carbocycles. The van der Waals surface area contributed by atoms with Gasteiger partial charge in [-0.1, -0.05) is 6.92 Å². The lowest BCUT2D eigenvalue weighted by atomic mass is 10.3. The summed E-state index contributed by atoms with van der Waals surface area (Å²) in [4.78, 5) is 2.31. The van der Waals surface area contributed by atoms with Crippen LogP contribution in [-0.4, -0.2) is 22.6 Å². The second-order valence-corrected chi connectivity index (χ2v) is 3.68. The van der Waals surface area contributed by atoms with E-state index in [0.29, 0.717) is 11.8 Å². The van der Waals surface area contributed by atoms with Crippen molar-refractivity contribution in [2.45, 2.75) is 40.0 Å². The third-order valence-electron chi connectivity index (χ3n) is 2.37. The fourth-order valence-electron chi connectivity index (χ4n) is 1.45. The number of hydrogen-bond acceptors (Lipinski definition) is 3. The molecule has 0 unspecified atom stereocenters. The molecule has 0 aliphatic heterocycles. The SMILES string of the molecule is CCN(Cc1ccc(CO)o1)C(C)C. The van der Waals surface area contributed by atoms with Crippen molar-refractivity contribution in [1.82, 2.24) is 4.90 Å². The highest BCUT2D eigenvalue weighted by molar-refractivity contribution is 5.06. The Bertz CT molecular complexity index is 268. The molecular formula is C11H19NO2. The highest BCUT2D eigenvalue weighted by atomic mass is 16.4. The Kier molecular flexibility index (Phi) is 4.17. The normalized spacial score (nSPS) is 11.6. The molecule has 1 aromatic rings. The van der Waals surface area contributed by atoms with Gasteiger partial charge in [0.15, 0.2) is 0 Å². The zero-order chi connectivity index (χ0) is 10.6. The first-order valence-corrected chi connectivity index (χ1v) is 5.09. The van der Waals surface area contributed by atoms with Crippen molar-refractivity contribution in [3.8, 4) is 0 Å². The van der Waals surface area contributed by atoms with Gasteiger partial charge < -0.3 is 9.52 Å². The molecule has 0 atom stereocenters. The van der Waals surface area contributed by atoms with Gasteiger partial charge in [0.1, 0.15) is 18.1 Å². The Morgan fingerprint density at radius 1 is 1.36 bits per heavy atom. The predicted molar refractivity (Wildman–Crippen MR) is 55.9 cm³/mol. The summed E-state index contributed by atoms with van der Waals surface area (Å²) in [7, 11) is 0. The Balaban J connectivity index is 2.57. The van der Waals surface area contributed by atoms with Gasteiger partial charge in [-0.15, -0.1) is 0 Å². The lowest BCUT2D eigenvalue weighted by Crippen LogP contribution is -2.29. The van der Waals surface area contributed by atoms with Crippen LogP contribution in [0.15, 0.2) is 16.5 Å². The van der Waals surface area contributed by atoms with Crippen LogP contribution in [0.5, 0.6) is 0 Å². The molecule has 0 saturated heterocycles. The molecule has 1 rings (SSSR count). The molecule has 3 heteroatoms. The maximum absolute atomic E-state index is 8.84. The van der Waals surface area contributed by atoms with E-state index in [1.165, 1.54) is 0 Å². The summed E-state index contributed by atoms with van der Waals surface area (Å²) in [5.41, 5.74) is 0. The van der Waals surface area contributed by atoms with Crippen LogP contribution >= 0.6 is 0 Å². The van der Waals surface area contributed by atoms with E-state index in [9.17, 15) is 0 Å². The van der Waals surface area contributed by atoms with Crippen LogP contribution < -0.4 is 0 Å². The topological polar surface area (TPSA) is 36.6 Å². The van der Waals surface area contributed by atoms with E-state index in [4.69, 9.17) is 9.52 Å². The largest absolute Gasteiger partial charge is 0.462 e. The van der Waals surface area contributed by atoms with E-state index < -0.39 is 0 Å². The minimum absolute atomic E-state index is 0.0200. The molecule has 0 amide bonds. The van der Waals surface area contributed by atoms with Crippen LogP contribution in [0.2, 0.25) is 0 Å². The van der Waals surface area contributed by atoms with Gasteiger partial charge in [0.2, 0.25) is 0 Å². The van der Waals surface area contributed by atoms with Crippen LogP contribution in [0.1, 0.15) is 32.3 Å². The van der Waals surface area contributed by atoms with Gasteiger partial charge in [0.25, 0.3) is 0 Å². The third-order valence-corrected chi connectivity index (χ3v) is 2.37. The molecule has 0 bridgehead atoms. The second kappa shape index (κ2) is 5.17. The van der Waals surface area contributed by atoms with Crippen LogP contribution in [0, 0.1) is 0 Å². The van der Waals surface area contributed by atoms with E-state index in [0.717, 1.165) is 18.8 Å². The summed E-state index contributed by atoms with van der Waals surface area (Å²) in [5, 5.41) is 8.84. The summed E-state index contributed by atoms with van der Waals surface area (Å²) in [6, 6.07) is 4.27. The minimum atomic E-state index is -0.0200. The molecule has 1 heterocycles. The van der Waals surface area contributed by atoms with Gasteiger partial charge in [-0.25, -0.2) is 0 Å². The average molecular weight is 197 g/mol. The fraction of sp³-hybridized carbons (Fsp3) is 0.636. The standard InChI is InChI=1S/C11H19NO2/c1-4-12(9(2)3)7-10-5-6-11(8-13)14-10/h5-6,9,13H,4,7-8H2,1-3H3. The molecular weight excluding hydrogens is 178 g/mol. The molecule has 3 nitrogen and oxygen atoms in total. The quantitative estimate of drug-likeness (QED) is 0.784. The van der Waals surface area contributed by atoms with Crippen LogP contribution in [0.25, 0.3) is 0 Å². The Morgan fingerprint density at radius 3 is 2.43 bits per heavy atom.